The molecule has 0 saturated carbocycles. The van der Waals surface area contributed by atoms with Gasteiger partial charge in [0, 0.05) is 44.0 Å². The lowest BCUT2D eigenvalue weighted by Gasteiger charge is -2.19. The predicted molar refractivity (Wildman–Crippen MR) is 117 cm³/mol. The molecule has 154 valence electrons. The number of hydrogen-bond donors (Lipinski definition) is 2. The molecule has 3 aromatic rings. The number of fused-ring (bicyclic) bond motifs is 1. The number of carbonyl (C=O) groups is 1. The van der Waals surface area contributed by atoms with Crippen molar-refractivity contribution in [3.63, 3.8) is 0 Å². The molecule has 0 spiro atoms. The van der Waals surface area contributed by atoms with E-state index in [-0.39, 0.29) is 0 Å². The zero-order valence-corrected chi connectivity index (χ0v) is 16.9. The molecule has 0 unspecified atom stereocenters. The number of nitrogens with one attached hydrogen (secondary N) is 1. The number of hydrogen-bond acceptors (Lipinski definition) is 4. The van der Waals surface area contributed by atoms with Gasteiger partial charge in [0.25, 0.3) is 5.91 Å². The van der Waals surface area contributed by atoms with E-state index in [0.717, 1.165) is 50.1 Å². The summed E-state index contributed by atoms with van der Waals surface area (Å²) in [5.41, 5.74) is 7.60. The van der Waals surface area contributed by atoms with Gasteiger partial charge in [0.2, 0.25) is 0 Å². The van der Waals surface area contributed by atoms with Gasteiger partial charge in [-0.2, -0.15) is 5.10 Å². The molecule has 0 bridgehead atoms. The molecule has 1 aromatic heterocycles. The van der Waals surface area contributed by atoms with Crippen LogP contribution in [-0.2, 0) is 24.1 Å². The minimum atomic E-state index is -0.522. The van der Waals surface area contributed by atoms with E-state index in [4.69, 9.17) is 5.21 Å². The number of rotatable bonds is 6. The first-order chi connectivity index (χ1) is 14.7. The summed E-state index contributed by atoms with van der Waals surface area (Å²) in [7, 11) is 0. The first kappa shape index (κ1) is 20.1. The molecule has 1 aliphatic heterocycles. The topological polar surface area (TPSA) is 70.4 Å². The van der Waals surface area contributed by atoms with Crippen molar-refractivity contribution in [3.8, 4) is 5.69 Å². The summed E-state index contributed by atoms with van der Waals surface area (Å²) in [6, 6.07) is 18.7. The number of nitrogens with zero attached hydrogens (tertiary/aromatic N) is 3. The molecule has 0 fully saturated rings. The van der Waals surface area contributed by atoms with Crippen molar-refractivity contribution in [2.45, 2.75) is 19.3 Å². The minimum Gasteiger partial charge on any atom is -0.302 e. The lowest BCUT2D eigenvalue weighted by molar-refractivity contribution is -0.124. The molecule has 2 aromatic carbocycles. The van der Waals surface area contributed by atoms with Gasteiger partial charge in [-0.05, 0) is 53.8 Å². The van der Waals surface area contributed by atoms with Crippen molar-refractivity contribution in [2.75, 3.05) is 19.6 Å². The maximum Gasteiger partial charge on any atom is 0.267 e. The molecule has 6 nitrogen and oxygen atoms in total. The molecular formula is C24H26N4O2. The van der Waals surface area contributed by atoms with Gasteiger partial charge in [0.05, 0.1) is 5.69 Å². The fourth-order valence-electron chi connectivity index (χ4n) is 3.92. The Balaban J connectivity index is 1.38. The molecule has 0 radical (unpaired) electrons. The summed E-state index contributed by atoms with van der Waals surface area (Å²) < 4.78 is 2.02. The van der Waals surface area contributed by atoms with Gasteiger partial charge in [-0.1, -0.05) is 36.4 Å². The van der Waals surface area contributed by atoms with Crippen LogP contribution in [0.1, 0.15) is 22.4 Å². The molecule has 0 saturated heterocycles. The van der Waals surface area contributed by atoms with Crippen molar-refractivity contribution >= 4 is 12.0 Å². The molecule has 2 heterocycles. The van der Waals surface area contributed by atoms with E-state index in [1.807, 2.05) is 35.1 Å². The number of amides is 1. The first-order valence-corrected chi connectivity index (χ1v) is 10.3. The normalized spacial score (nSPS) is 14.4. The van der Waals surface area contributed by atoms with E-state index in [1.54, 1.807) is 11.6 Å². The highest BCUT2D eigenvalue weighted by atomic mass is 16.5. The SMILES string of the molecule is O=C(C=Cc1ccc2c(c1)CCN(CCc1ccnn1-c1ccccc1)CC2)NO. The molecule has 1 aliphatic rings. The molecule has 4 rings (SSSR count). The van der Waals surface area contributed by atoms with E-state index in [2.05, 4.69) is 40.3 Å². The molecular weight excluding hydrogens is 376 g/mol. The summed E-state index contributed by atoms with van der Waals surface area (Å²) in [6.45, 7) is 3.04. The Hall–Kier alpha value is -3.22. The molecule has 1 amide bonds. The summed E-state index contributed by atoms with van der Waals surface area (Å²) in [6.07, 6.45) is 7.89. The number of aromatic nitrogens is 2. The highest BCUT2D eigenvalue weighted by molar-refractivity contribution is 5.90. The number of benzene rings is 2. The van der Waals surface area contributed by atoms with E-state index in [1.165, 1.54) is 22.9 Å². The average Bonchev–Trinajstić information content (AvgIpc) is 3.17. The zero-order chi connectivity index (χ0) is 20.8. The Morgan fingerprint density at radius 3 is 2.67 bits per heavy atom. The van der Waals surface area contributed by atoms with Gasteiger partial charge in [0.1, 0.15) is 0 Å². The van der Waals surface area contributed by atoms with Crippen LogP contribution in [0.15, 0.2) is 66.9 Å². The van der Waals surface area contributed by atoms with Crippen LogP contribution >= 0.6 is 0 Å². The second kappa shape index (κ2) is 9.52. The third-order valence-corrected chi connectivity index (χ3v) is 5.57. The van der Waals surface area contributed by atoms with E-state index in [0.29, 0.717) is 0 Å². The highest BCUT2D eigenvalue weighted by Gasteiger charge is 2.15. The third-order valence-electron chi connectivity index (χ3n) is 5.57. The first-order valence-electron chi connectivity index (χ1n) is 10.3. The third kappa shape index (κ3) is 4.84. The maximum atomic E-state index is 11.2. The molecule has 30 heavy (non-hydrogen) atoms. The number of para-hydroxylation sites is 1. The molecule has 0 aliphatic carbocycles. The van der Waals surface area contributed by atoms with Gasteiger partial charge < -0.3 is 4.90 Å². The monoisotopic (exact) mass is 402 g/mol. The standard InChI is InChI=1S/C24H26N4O2/c29-24(26-30)9-7-19-6-8-20-11-15-27(16-12-21(20)18-19)17-13-23-10-14-25-28(23)22-4-2-1-3-5-22/h1-10,14,18,30H,11-13,15-17H2,(H,26,29). The van der Waals surface area contributed by atoms with Gasteiger partial charge in [-0.25, -0.2) is 10.2 Å². The number of carbonyl (C=O) groups excluding carboxylic acids is 1. The van der Waals surface area contributed by atoms with Gasteiger partial charge in [-0.15, -0.1) is 0 Å². The molecule has 0 atom stereocenters. The van der Waals surface area contributed by atoms with Gasteiger partial charge in [0.15, 0.2) is 0 Å². The largest absolute Gasteiger partial charge is 0.302 e. The average molecular weight is 402 g/mol. The van der Waals surface area contributed by atoms with Crippen LogP contribution in [0, 0.1) is 0 Å². The van der Waals surface area contributed by atoms with Crippen LogP contribution in [0.25, 0.3) is 11.8 Å². The highest BCUT2D eigenvalue weighted by Crippen LogP contribution is 2.19. The van der Waals surface area contributed by atoms with Crippen LogP contribution in [0.3, 0.4) is 0 Å². The lowest BCUT2D eigenvalue weighted by atomic mass is 10.00. The van der Waals surface area contributed by atoms with E-state index < -0.39 is 5.91 Å². The van der Waals surface area contributed by atoms with Crippen molar-refractivity contribution in [1.29, 1.82) is 0 Å². The summed E-state index contributed by atoms with van der Waals surface area (Å²) in [5.74, 6) is -0.522. The Morgan fingerprint density at radius 1 is 1.07 bits per heavy atom. The Bertz CT molecular complexity index is 1030. The van der Waals surface area contributed by atoms with E-state index in [9.17, 15) is 4.79 Å². The molecule has 2 N–H and O–H groups in total. The van der Waals surface area contributed by atoms with E-state index >= 15 is 0 Å². The lowest BCUT2D eigenvalue weighted by Crippen LogP contribution is -2.29. The smallest absolute Gasteiger partial charge is 0.267 e. The van der Waals surface area contributed by atoms with Crippen molar-refractivity contribution in [2.24, 2.45) is 0 Å². The van der Waals surface area contributed by atoms with Gasteiger partial charge >= 0.3 is 0 Å². The number of hydroxylamine groups is 1. The van der Waals surface area contributed by atoms with Crippen LogP contribution < -0.4 is 5.48 Å². The summed E-state index contributed by atoms with van der Waals surface area (Å²) in [5, 5.41) is 13.1. The Labute approximate surface area is 176 Å². The Kier molecular flexibility index (Phi) is 6.37. The summed E-state index contributed by atoms with van der Waals surface area (Å²) in [4.78, 5) is 13.7. The minimum absolute atomic E-state index is 0.522. The fourth-order valence-corrected chi connectivity index (χ4v) is 3.92. The Morgan fingerprint density at radius 2 is 1.87 bits per heavy atom. The zero-order valence-electron chi connectivity index (χ0n) is 16.9. The fraction of sp³-hybridized carbons (Fsp3) is 0.250. The van der Waals surface area contributed by atoms with Crippen LogP contribution in [-0.4, -0.2) is 45.4 Å². The maximum absolute atomic E-state index is 11.2. The van der Waals surface area contributed by atoms with Crippen LogP contribution in [0.5, 0.6) is 0 Å². The van der Waals surface area contributed by atoms with Crippen molar-refractivity contribution in [3.05, 3.63) is 89.3 Å². The quantitative estimate of drug-likeness (QED) is 0.378. The van der Waals surface area contributed by atoms with Crippen molar-refractivity contribution < 1.29 is 10.0 Å². The van der Waals surface area contributed by atoms with Gasteiger partial charge in [-0.3, -0.25) is 10.0 Å². The molecule has 6 heteroatoms. The van der Waals surface area contributed by atoms with Crippen LogP contribution in [0.2, 0.25) is 0 Å². The predicted octanol–water partition coefficient (Wildman–Crippen LogP) is 3.03. The summed E-state index contributed by atoms with van der Waals surface area (Å²) >= 11 is 0. The van der Waals surface area contributed by atoms with Crippen LogP contribution in [0.4, 0.5) is 0 Å². The van der Waals surface area contributed by atoms with Crippen molar-refractivity contribution in [1.82, 2.24) is 20.2 Å². The second-order valence-electron chi connectivity index (χ2n) is 7.50. The second-order valence-corrected chi connectivity index (χ2v) is 7.50.